The Kier molecular flexibility index (Phi) is 7.95. The number of benzene rings is 2. The van der Waals surface area contributed by atoms with Crippen LogP contribution in [0.2, 0.25) is 0 Å². The molecule has 1 saturated heterocycles. The first-order chi connectivity index (χ1) is 15.8. The molecule has 2 aromatic rings. The molecule has 8 nitrogen and oxygen atoms in total. The van der Waals surface area contributed by atoms with Gasteiger partial charge in [-0.3, -0.25) is 14.4 Å². The Balaban J connectivity index is 1.59. The van der Waals surface area contributed by atoms with E-state index in [1.165, 1.54) is 31.4 Å². The standard InChI is InChI=1S/C25H28N2O6/c1-4-16(2)14-26-21-13-23(29)27(24(21)30)19-10-8-17(9-11-19)25(31)33-15-22(28)18-6-5-7-20(12-18)32-3/h5-12,16,21,26H,4,13-15H2,1-3H3. The fourth-order valence-corrected chi connectivity index (χ4v) is 3.39. The van der Waals surface area contributed by atoms with Gasteiger partial charge in [0.2, 0.25) is 5.91 Å². The van der Waals surface area contributed by atoms with Crippen molar-refractivity contribution in [1.29, 1.82) is 0 Å². The first-order valence-corrected chi connectivity index (χ1v) is 10.9. The lowest BCUT2D eigenvalue weighted by atomic mass is 10.1. The molecule has 2 atom stereocenters. The fourth-order valence-electron chi connectivity index (χ4n) is 3.39. The number of ether oxygens (including phenoxy) is 2. The van der Waals surface area contributed by atoms with Gasteiger partial charge in [-0.25, -0.2) is 9.69 Å². The highest BCUT2D eigenvalue weighted by Gasteiger charge is 2.39. The minimum Gasteiger partial charge on any atom is -0.497 e. The number of hydrogen-bond donors (Lipinski definition) is 1. The maximum atomic E-state index is 12.7. The molecule has 3 rings (SSSR count). The molecule has 174 valence electrons. The number of anilines is 1. The molecule has 0 aliphatic carbocycles. The van der Waals surface area contributed by atoms with Gasteiger partial charge >= 0.3 is 5.97 Å². The number of Topliss-reactive ketones (excluding diaryl/α,β-unsaturated/α-hetero) is 1. The van der Waals surface area contributed by atoms with Crippen molar-refractivity contribution in [1.82, 2.24) is 5.32 Å². The maximum Gasteiger partial charge on any atom is 0.338 e. The lowest BCUT2D eigenvalue weighted by Crippen LogP contribution is -2.40. The number of nitrogens with zero attached hydrogens (tertiary/aromatic N) is 1. The van der Waals surface area contributed by atoms with E-state index in [1.54, 1.807) is 24.3 Å². The number of carbonyl (C=O) groups excluding carboxylic acids is 4. The molecule has 0 radical (unpaired) electrons. The zero-order valence-corrected chi connectivity index (χ0v) is 19.0. The summed E-state index contributed by atoms with van der Waals surface area (Å²) in [5.74, 6) is -0.689. The molecule has 2 unspecified atom stereocenters. The molecular formula is C25H28N2O6. The van der Waals surface area contributed by atoms with Gasteiger partial charge in [-0.1, -0.05) is 32.4 Å². The molecule has 8 heteroatoms. The highest BCUT2D eigenvalue weighted by atomic mass is 16.5. The Morgan fingerprint density at radius 3 is 2.52 bits per heavy atom. The van der Waals surface area contributed by atoms with Crippen LogP contribution in [-0.2, 0) is 14.3 Å². The summed E-state index contributed by atoms with van der Waals surface area (Å²) >= 11 is 0. The van der Waals surface area contributed by atoms with E-state index in [0.29, 0.717) is 29.5 Å². The van der Waals surface area contributed by atoms with Crippen LogP contribution in [0, 0.1) is 5.92 Å². The molecule has 1 fully saturated rings. The summed E-state index contributed by atoms with van der Waals surface area (Å²) in [5, 5.41) is 3.16. The normalized spacial score (nSPS) is 16.6. The Morgan fingerprint density at radius 1 is 1.12 bits per heavy atom. The monoisotopic (exact) mass is 452 g/mol. The zero-order valence-electron chi connectivity index (χ0n) is 19.0. The van der Waals surface area contributed by atoms with Crippen LogP contribution < -0.4 is 15.0 Å². The molecule has 1 aliphatic rings. The van der Waals surface area contributed by atoms with Crippen molar-refractivity contribution in [2.24, 2.45) is 5.92 Å². The van der Waals surface area contributed by atoms with Crippen LogP contribution in [0.15, 0.2) is 48.5 Å². The molecule has 0 bridgehead atoms. The number of methoxy groups -OCH3 is 1. The van der Waals surface area contributed by atoms with Crippen molar-refractivity contribution >= 4 is 29.3 Å². The summed E-state index contributed by atoms with van der Waals surface area (Å²) in [6.07, 6.45) is 1.08. The number of rotatable bonds is 10. The smallest absolute Gasteiger partial charge is 0.338 e. The van der Waals surface area contributed by atoms with Crippen LogP contribution in [-0.4, -0.2) is 49.9 Å². The lowest BCUT2D eigenvalue weighted by Gasteiger charge is -2.17. The van der Waals surface area contributed by atoms with Crippen molar-refractivity contribution in [3.8, 4) is 5.75 Å². The second-order valence-electron chi connectivity index (χ2n) is 8.02. The number of carbonyl (C=O) groups is 4. The third-order valence-electron chi connectivity index (χ3n) is 5.64. The van der Waals surface area contributed by atoms with Gasteiger partial charge in [0.15, 0.2) is 12.4 Å². The average Bonchev–Trinajstić information content (AvgIpc) is 3.13. The van der Waals surface area contributed by atoms with E-state index in [4.69, 9.17) is 9.47 Å². The van der Waals surface area contributed by atoms with Gasteiger partial charge in [0.05, 0.1) is 30.8 Å². The number of imide groups is 1. The van der Waals surface area contributed by atoms with Crippen LogP contribution in [0.4, 0.5) is 5.69 Å². The predicted octanol–water partition coefficient (Wildman–Crippen LogP) is 3.00. The van der Waals surface area contributed by atoms with Crippen molar-refractivity contribution in [2.45, 2.75) is 32.7 Å². The SMILES string of the molecule is CCC(C)CNC1CC(=O)N(c2ccc(C(=O)OCC(=O)c3cccc(OC)c3)cc2)C1=O. The van der Waals surface area contributed by atoms with Crippen molar-refractivity contribution in [3.63, 3.8) is 0 Å². The second kappa shape index (κ2) is 10.9. The molecule has 0 spiro atoms. The fraction of sp³-hybridized carbons (Fsp3) is 0.360. The molecule has 2 amide bonds. The third kappa shape index (κ3) is 5.84. The lowest BCUT2D eigenvalue weighted by molar-refractivity contribution is -0.121. The highest BCUT2D eigenvalue weighted by Crippen LogP contribution is 2.24. The minimum atomic E-state index is -0.676. The summed E-state index contributed by atoms with van der Waals surface area (Å²) in [7, 11) is 1.50. The quantitative estimate of drug-likeness (QED) is 0.336. The Morgan fingerprint density at radius 2 is 1.85 bits per heavy atom. The number of hydrogen-bond acceptors (Lipinski definition) is 7. The van der Waals surface area contributed by atoms with E-state index in [0.717, 1.165) is 11.3 Å². The van der Waals surface area contributed by atoms with Gasteiger partial charge in [-0.15, -0.1) is 0 Å². The van der Waals surface area contributed by atoms with Gasteiger partial charge in [-0.05, 0) is 48.9 Å². The van der Waals surface area contributed by atoms with Crippen LogP contribution in [0.25, 0.3) is 0 Å². The van der Waals surface area contributed by atoms with E-state index < -0.39 is 18.6 Å². The third-order valence-corrected chi connectivity index (χ3v) is 5.64. The van der Waals surface area contributed by atoms with Gasteiger partial charge in [0.25, 0.3) is 5.91 Å². The Hall–Kier alpha value is -3.52. The molecule has 1 N–H and O–H groups in total. The van der Waals surface area contributed by atoms with Crippen LogP contribution in [0.5, 0.6) is 5.75 Å². The van der Waals surface area contributed by atoms with Crippen molar-refractivity contribution < 1.29 is 28.7 Å². The zero-order chi connectivity index (χ0) is 24.0. The average molecular weight is 453 g/mol. The molecule has 0 saturated carbocycles. The summed E-state index contributed by atoms with van der Waals surface area (Å²) in [5.41, 5.74) is 0.977. The van der Waals surface area contributed by atoms with Crippen LogP contribution >= 0.6 is 0 Å². The highest BCUT2D eigenvalue weighted by molar-refractivity contribution is 6.22. The number of amides is 2. The predicted molar refractivity (Wildman–Crippen MR) is 122 cm³/mol. The second-order valence-corrected chi connectivity index (χ2v) is 8.02. The van der Waals surface area contributed by atoms with Crippen LogP contribution in [0.3, 0.4) is 0 Å². The van der Waals surface area contributed by atoms with Gasteiger partial charge in [0, 0.05) is 5.56 Å². The van der Waals surface area contributed by atoms with Crippen molar-refractivity contribution in [3.05, 3.63) is 59.7 Å². The topological polar surface area (TPSA) is 102 Å². The molecule has 33 heavy (non-hydrogen) atoms. The summed E-state index contributed by atoms with van der Waals surface area (Å²) in [6.45, 7) is 4.39. The largest absolute Gasteiger partial charge is 0.497 e. The molecule has 0 aromatic heterocycles. The summed E-state index contributed by atoms with van der Waals surface area (Å²) in [4.78, 5) is 50.9. The number of nitrogens with one attached hydrogen (secondary N) is 1. The molecule has 2 aromatic carbocycles. The molecule has 1 heterocycles. The van der Waals surface area contributed by atoms with E-state index in [9.17, 15) is 19.2 Å². The first kappa shape index (κ1) is 24.1. The number of ketones is 1. The van der Waals surface area contributed by atoms with Crippen molar-refractivity contribution in [2.75, 3.05) is 25.2 Å². The number of esters is 1. The summed E-state index contributed by atoms with van der Waals surface area (Å²) < 4.78 is 10.2. The van der Waals surface area contributed by atoms with Gasteiger partial charge in [0.1, 0.15) is 5.75 Å². The van der Waals surface area contributed by atoms with E-state index in [1.807, 2.05) is 0 Å². The van der Waals surface area contributed by atoms with Gasteiger partial charge in [-0.2, -0.15) is 0 Å². The summed E-state index contributed by atoms with van der Waals surface area (Å²) in [6, 6.07) is 12.0. The van der Waals surface area contributed by atoms with E-state index in [2.05, 4.69) is 19.2 Å². The molecule has 1 aliphatic heterocycles. The van der Waals surface area contributed by atoms with E-state index in [-0.39, 0.29) is 29.6 Å². The van der Waals surface area contributed by atoms with Gasteiger partial charge < -0.3 is 14.8 Å². The first-order valence-electron chi connectivity index (χ1n) is 10.9. The Labute approximate surface area is 192 Å². The van der Waals surface area contributed by atoms with Crippen LogP contribution in [0.1, 0.15) is 47.4 Å². The minimum absolute atomic E-state index is 0.103. The van der Waals surface area contributed by atoms with E-state index >= 15 is 0 Å². The maximum absolute atomic E-state index is 12.7. The Bertz CT molecular complexity index is 1030. The molecular weight excluding hydrogens is 424 g/mol.